The molecule has 0 radical (unpaired) electrons. The molecule has 0 unspecified atom stereocenters. The number of hydrogen-bond acceptors (Lipinski definition) is 10. The Morgan fingerprint density at radius 1 is 0.947 bits per heavy atom. The zero-order valence-corrected chi connectivity index (χ0v) is 47.0. The summed E-state index contributed by atoms with van der Waals surface area (Å²) in [5, 5.41) is 14.9. The number of imidazole rings is 1. The van der Waals surface area contributed by atoms with Crippen molar-refractivity contribution >= 4 is 78.3 Å². The zero-order chi connectivity index (χ0) is 53.0. The number of nitrogens with zero attached hydrogens (tertiary/aromatic N) is 7. The van der Waals surface area contributed by atoms with Gasteiger partial charge in [0.1, 0.15) is 6.04 Å². The first kappa shape index (κ1) is 53.4. The Balaban J connectivity index is 0.801. The topological polar surface area (TPSA) is 145 Å². The van der Waals surface area contributed by atoms with Crippen LogP contribution in [0.3, 0.4) is 0 Å². The quantitative estimate of drug-likeness (QED) is 0.0803. The second kappa shape index (κ2) is 21.4. The molecule has 0 bridgehead atoms. The van der Waals surface area contributed by atoms with Crippen molar-refractivity contribution in [2.75, 3.05) is 37.6 Å². The zero-order valence-electron chi connectivity index (χ0n) is 44.5. The maximum atomic E-state index is 14.5. The van der Waals surface area contributed by atoms with Crippen molar-refractivity contribution in [3.05, 3.63) is 92.3 Å². The van der Waals surface area contributed by atoms with Gasteiger partial charge in [0.05, 0.1) is 50.2 Å². The third-order valence-corrected chi connectivity index (χ3v) is 18.6. The Labute approximate surface area is 452 Å². The molecule has 75 heavy (non-hydrogen) atoms. The molecular weight excluding hydrogens is 1030 g/mol. The van der Waals surface area contributed by atoms with Crippen LogP contribution < -0.4 is 15.8 Å². The van der Waals surface area contributed by atoms with Crippen LogP contribution in [-0.4, -0.2) is 108 Å². The summed E-state index contributed by atoms with van der Waals surface area (Å²) in [4.78, 5) is 71.9. The minimum absolute atomic E-state index is 0.0620. The van der Waals surface area contributed by atoms with Gasteiger partial charge in [-0.2, -0.15) is 4.98 Å². The summed E-state index contributed by atoms with van der Waals surface area (Å²) in [5.74, 6) is -0.663. The number of aryl methyl sites for hydroxylation is 1. The van der Waals surface area contributed by atoms with Crippen molar-refractivity contribution in [1.82, 2.24) is 34.1 Å². The van der Waals surface area contributed by atoms with E-state index in [1.807, 2.05) is 51.4 Å². The van der Waals surface area contributed by atoms with Gasteiger partial charge in [-0.25, -0.2) is 9.37 Å². The molecule has 2 N–H and O–H groups in total. The SMILES string of the molecule is Cc1ncsc1-c1ccc([C@H](CCCCCN2CCN(c3ccc4c(c3)n(C3CCCC3)c3nc(=O)c5c(Br)cccc5n43)CC2(C)C)NC(=O)[C@@H]2C[C@@H](O)CN2C(=O)[C@@H](CCCC(=O)C2(F)CC2)C(C)(C)C)cc1. The lowest BCUT2D eigenvalue weighted by Gasteiger charge is -2.48. The number of rotatable bonds is 18. The van der Waals surface area contributed by atoms with Crippen LogP contribution in [0.4, 0.5) is 10.1 Å². The lowest BCUT2D eigenvalue weighted by Crippen LogP contribution is -2.59. The molecule has 6 aromatic rings. The smallest absolute Gasteiger partial charge is 0.283 e. The molecule has 5 heterocycles. The Kier molecular flexibility index (Phi) is 15.2. The number of nitrogens with one attached hydrogen (secondary N) is 1. The van der Waals surface area contributed by atoms with E-state index in [2.05, 4.69) is 101 Å². The van der Waals surface area contributed by atoms with Gasteiger partial charge in [-0.3, -0.25) is 28.5 Å². The lowest BCUT2D eigenvalue weighted by molar-refractivity contribution is -0.145. The number of ketones is 1. The van der Waals surface area contributed by atoms with Gasteiger partial charge in [-0.05, 0) is 141 Å². The van der Waals surface area contributed by atoms with Gasteiger partial charge < -0.3 is 24.8 Å². The molecule has 4 aliphatic rings. The van der Waals surface area contributed by atoms with Crippen LogP contribution >= 0.6 is 27.3 Å². The van der Waals surface area contributed by atoms with Gasteiger partial charge in [-0.15, -0.1) is 11.3 Å². The summed E-state index contributed by atoms with van der Waals surface area (Å²) in [6.07, 6.45) is 8.77. The van der Waals surface area contributed by atoms with Crippen molar-refractivity contribution in [3.63, 3.8) is 0 Å². The number of hydrogen-bond donors (Lipinski definition) is 2. The highest BCUT2D eigenvalue weighted by Gasteiger charge is 2.50. The number of alkyl halides is 1. The van der Waals surface area contributed by atoms with Gasteiger partial charge in [-0.1, -0.05) is 76.8 Å². The minimum Gasteiger partial charge on any atom is -0.391 e. The number of piperazine rings is 1. The van der Waals surface area contributed by atoms with Crippen molar-refractivity contribution in [1.29, 1.82) is 0 Å². The second-order valence-electron chi connectivity index (χ2n) is 23.8. The van der Waals surface area contributed by atoms with Crippen LogP contribution in [0, 0.1) is 18.3 Å². The van der Waals surface area contributed by atoms with E-state index in [9.17, 15) is 28.7 Å². The van der Waals surface area contributed by atoms with Gasteiger partial charge in [0.2, 0.25) is 17.6 Å². The highest BCUT2D eigenvalue weighted by Crippen LogP contribution is 2.43. The molecule has 0 spiro atoms. The number of carbonyl (C=O) groups is 3. The number of likely N-dealkylation sites (tertiary alicyclic amines) is 1. The second-order valence-corrected chi connectivity index (χ2v) is 25.5. The van der Waals surface area contributed by atoms with Crippen LogP contribution in [-0.2, 0) is 14.4 Å². The first-order chi connectivity index (χ1) is 35.8. The van der Waals surface area contributed by atoms with Crippen molar-refractivity contribution in [2.24, 2.45) is 11.3 Å². The number of aliphatic hydroxyl groups is 1. The van der Waals surface area contributed by atoms with E-state index in [1.165, 1.54) is 18.5 Å². The summed E-state index contributed by atoms with van der Waals surface area (Å²) < 4.78 is 19.7. The molecule has 2 aliphatic heterocycles. The molecule has 10 rings (SSSR count). The number of aliphatic hydroxyl groups excluding tert-OH is 1. The van der Waals surface area contributed by atoms with E-state index >= 15 is 0 Å². The number of carbonyl (C=O) groups excluding carboxylic acids is 3. The molecular formula is C59H74BrFN8O5S. The summed E-state index contributed by atoms with van der Waals surface area (Å²) in [6, 6.07) is 20.2. The molecule has 2 amide bonds. The molecule has 13 nitrogen and oxygen atoms in total. The van der Waals surface area contributed by atoms with Crippen molar-refractivity contribution in [2.45, 2.75) is 167 Å². The highest BCUT2D eigenvalue weighted by atomic mass is 79.9. The maximum Gasteiger partial charge on any atom is 0.283 e. The molecule has 2 saturated heterocycles. The van der Waals surface area contributed by atoms with Crippen LogP contribution in [0.5, 0.6) is 0 Å². The number of anilines is 1. The number of β-amino-alcohol motifs (C(OH)–C–C–N with tert-alkyl or cyclic N) is 1. The summed E-state index contributed by atoms with van der Waals surface area (Å²) >= 11 is 5.23. The predicted molar refractivity (Wildman–Crippen MR) is 300 cm³/mol. The number of benzene rings is 3. The molecule has 4 fully saturated rings. The lowest BCUT2D eigenvalue weighted by atomic mass is 9.76. The Morgan fingerprint density at radius 2 is 1.71 bits per heavy atom. The van der Waals surface area contributed by atoms with Gasteiger partial charge in [0, 0.05) is 66.7 Å². The Hall–Kier alpha value is -5.03. The van der Waals surface area contributed by atoms with E-state index in [-0.39, 0.29) is 67.0 Å². The summed E-state index contributed by atoms with van der Waals surface area (Å²) in [6.45, 7) is 16.3. The molecule has 16 heteroatoms. The first-order valence-electron chi connectivity index (χ1n) is 27.5. The fraction of sp³-hybridized carbons (Fsp3) is 0.559. The Morgan fingerprint density at radius 3 is 2.40 bits per heavy atom. The normalized spacial score (nSPS) is 20.9. The van der Waals surface area contributed by atoms with Crippen LogP contribution in [0.1, 0.15) is 148 Å². The fourth-order valence-electron chi connectivity index (χ4n) is 12.5. The number of halogens is 2. The van der Waals surface area contributed by atoms with E-state index in [0.29, 0.717) is 36.5 Å². The third kappa shape index (κ3) is 11.0. The molecule has 2 aliphatic carbocycles. The molecule has 4 atom stereocenters. The van der Waals surface area contributed by atoms with Gasteiger partial charge >= 0.3 is 0 Å². The first-order valence-corrected chi connectivity index (χ1v) is 29.1. The van der Waals surface area contributed by atoms with Gasteiger partial charge in [0.25, 0.3) is 5.56 Å². The van der Waals surface area contributed by atoms with E-state index in [1.54, 1.807) is 16.2 Å². The number of fused-ring (bicyclic) bond motifs is 5. The van der Waals surface area contributed by atoms with E-state index in [4.69, 9.17) is 4.98 Å². The number of thiazole rings is 1. The van der Waals surface area contributed by atoms with E-state index < -0.39 is 29.1 Å². The molecule has 2 saturated carbocycles. The molecule has 3 aromatic carbocycles. The van der Waals surface area contributed by atoms with Crippen LogP contribution in [0.25, 0.3) is 38.2 Å². The predicted octanol–water partition coefficient (Wildman–Crippen LogP) is 11.3. The number of amides is 2. The third-order valence-electron chi connectivity index (χ3n) is 17.0. The maximum absolute atomic E-state index is 14.5. The van der Waals surface area contributed by atoms with Gasteiger partial charge in [0.15, 0.2) is 11.5 Å². The largest absolute Gasteiger partial charge is 0.391 e. The standard InChI is InChI=1S/C59H74BrFN8O5S/c1-37-52(75-36-62-37)39-23-21-38(22-24-39)45(63-53(72)49-33-42(70)34-67(49)55(74)43(57(2,3)4)16-12-20-50(71)59(61)27-28-59)18-8-7-11-29-66-31-30-65(35-58(66,5)6)41-25-26-46-48(32-41)68(40-14-9-10-15-40)56-64-54(73)51-44(60)17-13-19-47(51)69(46)56/h13,17,19,21-26,32,36,40,42-43,45,49,70H,7-12,14-16,18,20,27-31,33-35H2,1-6H3,(H,63,72)/t42-,43-,45+,49+/m1/s1. The van der Waals surface area contributed by atoms with Crippen LogP contribution in [0.2, 0.25) is 0 Å². The monoisotopic (exact) mass is 1100 g/mol. The highest BCUT2D eigenvalue weighted by molar-refractivity contribution is 9.10. The van der Waals surface area contributed by atoms with Crippen LogP contribution in [0.15, 0.2) is 75.4 Å². The van der Waals surface area contributed by atoms with E-state index in [0.717, 1.165) is 101 Å². The fourth-order valence-corrected chi connectivity index (χ4v) is 13.9. The number of aromatic nitrogens is 4. The molecule has 400 valence electrons. The van der Waals surface area contributed by atoms with Crippen molar-refractivity contribution in [3.8, 4) is 10.4 Å². The average Bonchev–Trinajstić information content (AvgIpc) is 3.83. The minimum atomic E-state index is -1.69. The average molecular weight is 1110 g/mol. The Bertz CT molecular complexity index is 3150. The number of unbranched alkanes of at least 4 members (excludes halogenated alkanes) is 2. The summed E-state index contributed by atoms with van der Waals surface area (Å²) in [5.41, 5.74) is 6.62. The molecule has 3 aromatic heterocycles. The summed E-state index contributed by atoms with van der Waals surface area (Å²) in [7, 11) is 0. The van der Waals surface area contributed by atoms with Crippen molar-refractivity contribution < 1.29 is 23.9 Å². The number of Topliss-reactive ketones (excluding diaryl/α,β-unsaturated/α-hetero) is 1.